The maximum atomic E-state index is 9.87. The predicted octanol–water partition coefficient (Wildman–Crippen LogP) is 5.01. The van der Waals surface area contributed by atoms with E-state index in [1.165, 1.54) is 0 Å². The lowest BCUT2D eigenvalue weighted by Crippen LogP contribution is -2.13. The second-order valence-corrected chi connectivity index (χ2v) is 8.03. The number of rotatable bonds is 20. The Bertz CT molecular complexity index is 904. The molecule has 8 heteroatoms. The van der Waals surface area contributed by atoms with Crippen LogP contribution in [0.1, 0.15) is 50.7 Å². The molecule has 36 heavy (non-hydrogen) atoms. The van der Waals surface area contributed by atoms with E-state index in [-0.39, 0.29) is 24.3 Å². The summed E-state index contributed by atoms with van der Waals surface area (Å²) in [6.45, 7) is 8.90. The topological polar surface area (TPSA) is 103 Å². The third kappa shape index (κ3) is 9.64. The van der Waals surface area contributed by atoms with Gasteiger partial charge in [0.1, 0.15) is 48.0 Å². The second kappa shape index (κ2) is 18.4. The molecule has 0 bridgehead atoms. The molecule has 0 saturated carbocycles. The standard InChI is InChI=1S/C28H38N2O6/c1-3-5-11-31-13-15-33-17-19-35-27-23-9-7-8-10-24(23)28(26(22-30)25(27)21-29)36-20-18-34-16-14-32-12-6-4-2/h7-10H,3-6,11-20H2,1-2H3. The second-order valence-electron chi connectivity index (χ2n) is 8.03. The summed E-state index contributed by atoms with van der Waals surface area (Å²) in [5.41, 5.74) is 0.304. The molecule has 0 heterocycles. The van der Waals surface area contributed by atoms with Crippen molar-refractivity contribution in [2.45, 2.75) is 39.5 Å². The van der Waals surface area contributed by atoms with Crippen LogP contribution in [0.15, 0.2) is 24.3 Å². The molecule has 0 spiro atoms. The Balaban J connectivity index is 1.98. The van der Waals surface area contributed by atoms with E-state index in [1.54, 1.807) is 0 Å². The molecule has 0 aromatic heterocycles. The molecule has 2 rings (SSSR count). The van der Waals surface area contributed by atoms with Crippen molar-refractivity contribution >= 4 is 10.8 Å². The number of ether oxygens (including phenoxy) is 6. The van der Waals surface area contributed by atoms with Gasteiger partial charge in [-0.1, -0.05) is 51.0 Å². The van der Waals surface area contributed by atoms with E-state index in [0.29, 0.717) is 61.9 Å². The Morgan fingerprint density at radius 3 is 1.28 bits per heavy atom. The van der Waals surface area contributed by atoms with Crippen LogP contribution in [0.5, 0.6) is 11.5 Å². The highest BCUT2D eigenvalue weighted by Gasteiger charge is 2.21. The lowest BCUT2D eigenvalue weighted by Gasteiger charge is -2.17. The van der Waals surface area contributed by atoms with Gasteiger partial charge >= 0.3 is 0 Å². The maximum absolute atomic E-state index is 9.87. The van der Waals surface area contributed by atoms with Gasteiger partial charge in [-0.25, -0.2) is 0 Å². The average molecular weight is 499 g/mol. The summed E-state index contributed by atoms with van der Waals surface area (Å²) < 4.78 is 34.0. The molecule has 2 aromatic carbocycles. The molecule has 0 saturated heterocycles. The summed E-state index contributed by atoms with van der Waals surface area (Å²) in [5.74, 6) is 0.723. The van der Waals surface area contributed by atoms with Crippen molar-refractivity contribution < 1.29 is 28.4 Å². The highest BCUT2D eigenvalue weighted by atomic mass is 16.5. The first-order valence-corrected chi connectivity index (χ1v) is 12.7. The van der Waals surface area contributed by atoms with E-state index in [0.717, 1.165) is 38.9 Å². The minimum absolute atomic E-state index is 0.152. The van der Waals surface area contributed by atoms with Crippen molar-refractivity contribution in [3.63, 3.8) is 0 Å². The molecule has 0 fully saturated rings. The lowest BCUT2D eigenvalue weighted by atomic mass is 9.99. The van der Waals surface area contributed by atoms with Crippen molar-refractivity contribution in [1.82, 2.24) is 0 Å². The number of hydrogen-bond acceptors (Lipinski definition) is 8. The Hall–Kier alpha value is -2.88. The molecule has 0 aliphatic rings. The minimum atomic E-state index is 0.152. The van der Waals surface area contributed by atoms with Crippen molar-refractivity contribution in [3.8, 4) is 23.6 Å². The average Bonchev–Trinajstić information content (AvgIpc) is 2.91. The summed E-state index contributed by atoms with van der Waals surface area (Å²) in [6, 6.07) is 11.7. The van der Waals surface area contributed by atoms with Crippen LogP contribution in [0.3, 0.4) is 0 Å². The van der Waals surface area contributed by atoms with Crippen molar-refractivity contribution in [2.24, 2.45) is 0 Å². The number of benzene rings is 2. The molecule has 0 N–H and O–H groups in total. The van der Waals surface area contributed by atoms with E-state index in [9.17, 15) is 10.5 Å². The molecule has 0 aliphatic heterocycles. The zero-order valence-corrected chi connectivity index (χ0v) is 21.6. The Morgan fingerprint density at radius 2 is 0.917 bits per heavy atom. The van der Waals surface area contributed by atoms with Gasteiger partial charge < -0.3 is 28.4 Å². The molecular formula is C28H38N2O6. The number of unbranched alkanes of at least 4 members (excludes halogenated alkanes) is 2. The van der Waals surface area contributed by atoms with Crippen LogP contribution in [0, 0.1) is 22.7 Å². The van der Waals surface area contributed by atoms with Gasteiger partial charge in [0.2, 0.25) is 0 Å². The fourth-order valence-corrected chi connectivity index (χ4v) is 3.43. The van der Waals surface area contributed by atoms with E-state index >= 15 is 0 Å². The van der Waals surface area contributed by atoms with Crippen LogP contribution in [-0.4, -0.2) is 66.1 Å². The Labute approximate surface area is 214 Å². The van der Waals surface area contributed by atoms with Crippen LogP contribution in [-0.2, 0) is 18.9 Å². The van der Waals surface area contributed by atoms with Crippen LogP contribution in [0.25, 0.3) is 10.8 Å². The molecule has 2 aromatic rings. The highest BCUT2D eigenvalue weighted by Crippen LogP contribution is 2.40. The molecule has 196 valence electrons. The minimum Gasteiger partial charge on any atom is -0.489 e. The monoisotopic (exact) mass is 498 g/mol. The van der Waals surface area contributed by atoms with Crippen LogP contribution in [0.4, 0.5) is 0 Å². The molecule has 0 amide bonds. The fourth-order valence-electron chi connectivity index (χ4n) is 3.43. The molecule has 0 radical (unpaired) electrons. The van der Waals surface area contributed by atoms with Crippen LogP contribution < -0.4 is 9.47 Å². The van der Waals surface area contributed by atoms with Gasteiger partial charge in [-0.05, 0) is 12.8 Å². The van der Waals surface area contributed by atoms with Crippen LogP contribution >= 0.6 is 0 Å². The first-order valence-electron chi connectivity index (χ1n) is 12.7. The molecule has 8 nitrogen and oxygen atoms in total. The van der Waals surface area contributed by atoms with Crippen molar-refractivity contribution in [3.05, 3.63) is 35.4 Å². The van der Waals surface area contributed by atoms with Gasteiger partial charge in [0.25, 0.3) is 0 Å². The first-order chi connectivity index (χ1) is 17.8. The summed E-state index contributed by atoms with van der Waals surface area (Å²) in [4.78, 5) is 0. The van der Waals surface area contributed by atoms with Gasteiger partial charge in [-0.3, -0.25) is 0 Å². The van der Waals surface area contributed by atoms with Gasteiger partial charge in [0.15, 0.2) is 0 Å². The number of hydrogen-bond donors (Lipinski definition) is 0. The third-order valence-corrected chi connectivity index (χ3v) is 5.32. The molecule has 0 atom stereocenters. The number of nitrogens with zero attached hydrogens (tertiary/aromatic N) is 2. The zero-order valence-electron chi connectivity index (χ0n) is 21.6. The van der Waals surface area contributed by atoms with E-state index in [2.05, 4.69) is 26.0 Å². The summed E-state index contributed by atoms with van der Waals surface area (Å²) in [5, 5.41) is 21.1. The smallest absolute Gasteiger partial charge is 0.146 e. The quantitative estimate of drug-likeness (QED) is 0.235. The Kier molecular flexibility index (Phi) is 15.0. The van der Waals surface area contributed by atoms with Gasteiger partial charge in [0, 0.05) is 24.0 Å². The molecular weight excluding hydrogens is 460 g/mol. The SMILES string of the molecule is CCCCOCCOCCOc1c(C#N)c(C#N)c(OCCOCCOCCCC)c2ccccc12. The zero-order chi connectivity index (χ0) is 25.8. The predicted molar refractivity (Wildman–Crippen MR) is 137 cm³/mol. The summed E-state index contributed by atoms with van der Waals surface area (Å²) >= 11 is 0. The third-order valence-electron chi connectivity index (χ3n) is 5.32. The normalized spacial score (nSPS) is 10.8. The van der Waals surface area contributed by atoms with Gasteiger partial charge in [-0.15, -0.1) is 0 Å². The highest BCUT2D eigenvalue weighted by molar-refractivity contribution is 5.98. The van der Waals surface area contributed by atoms with Gasteiger partial charge in [0.05, 0.1) is 39.6 Å². The first kappa shape index (κ1) is 29.4. The summed E-state index contributed by atoms with van der Waals surface area (Å²) in [6.07, 6.45) is 4.27. The summed E-state index contributed by atoms with van der Waals surface area (Å²) in [7, 11) is 0. The van der Waals surface area contributed by atoms with Gasteiger partial charge in [-0.2, -0.15) is 10.5 Å². The fraction of sp³-hybridized carbons (Fsp3) is 0.571. The van der Waals surface area contributed by atoms with E-state index in [1.807, 2.05) is 24.3 Å². The number of nitriles is 2. The molecule has 0 unspecified atom stereocenters. The Morgan fingerprint density at radius 1 is 0.556 bits per heavy atom. The maximum Gasteiger partial charge on any atom is 0.146 e. The lowest BCUT2D eigenvalue weighted by molar-refractivity contribution is 0.0354. The van der Waals surface area contributed by atoms with E-state index in [4.69, 9.17) is 28.4 Å². The van der Waals surface area contributed by atoms with E-state index < -0.39 is 0 Å². The largest absolute Gasteiger partial charge is 0.489 e. The number of fused-ring (bicyclic) bond motifs is 1. The molecule has 0 aliphatic carbocycles. The van der Waals surface area contributed by atoms with Crippen molar-refractivity contribution in [2.75, 3.05) is 66.1 Å². The van der Waals surface area contributed by atoms with Crippen molar-refractivity contribution in [1.29, 1.82) is 10.5 Å². The van der Waals surface area contributed by atoms with Crippen LogP contribution in [0.2, 0.25) is 0 Å².